The average molecular weight is 362 g/mol. The van der Waals surface area contributed by atoms with E-state index in [0.29, 0.717) is 12.5 Å². The number of cyclic esters (lactones) is 1. The molecule has 1 aromatic heterocycles. The zero-order chi connectivity index (χ0) is 17.8. The molecule has 0 spiro atoms. The topological polar surface area (TPSA) is 60.8 Å². The summed E-state index contributed by atoms with van der Waals surface area (Å²) in [6, 6.07) is 16.8. The minimum absolute atomic E-state index is 0.278. The van der Waals surface area contributed by atoms with Crippen molar-refractivity contribution in [1.29, 1.82) is 0 Å². The number of hydrogen-bond donors (Lipinski definition) is 0. The summed E-state index contributed by atoms with van der Waals surface area (Å²) in [6.45, 7) is 0.432. The first-order chi connectivity index (χ1) is 12.8. The van der Waals surface area contributed by atoms with Gasteiger partial charge in [0, 0.05) is 10.9 Å². The zero-order valence-corrected chi connectivity index (χ0v) is 14.5. The van der Waals surface area contributed by atoms with E-state index in [0.717, 1.165) is 22.6 Å². The molecular weight excluding hydrogens is 348 g/mol. The lowest BCUT2D eigenvalue weighted by atomic mass is 10.2. The van der Waals surface area contributed by atoms with E-state index in [-0.39, 0.29) is 5.70 Å². The maximum Gasteiger partial charge on any atom is 0.363 e. The third-order valence-electron chi connectivity index (χ3n) is 3.69. The van der Waals surface area contributed by atoms with Crippen molar-refractivity contribution in [3.8, 4) is 5.75 Å². The van der Waals surface area contributed by atoms with E-state index in [1.54, 1.807) is 11.6 Å². The van der Waals surface area contributed by atoms with Crippen LogP contribution in [0.25, 0.3) is 6.08 Å². The van der Waals surface area contributed by atoms with Crippen LogP contribution in [0.15, 0.2) is 76.2 Å². The minimum atomic E-state index is -0.451. The van der Waals surface area contributed by atoms with E-state index >= 15 is 0 Å². The first kappa shape index (κ1) is 16.2. The van der Waals surface area contributed by atoms with Gasteiger partial charge >= 0.3 is 5.97 Å². The number of aromatic nitrogens is 1. The second-order valence-electron chi connectivity index (χ2n) is 5.54. The Labute approximate surface area is 154 Å². The number of thiazole rings is 1. The predicted molar refractivity (Wildman–Crippen MR) is 99.9 cm³/mol. The van der Waals surface area contributed by atoms with Gasteiger partial charge in [0.15, 0.2) is 5.70 Å². The Morgan fingerprint density at radius 3 is 2.62 bits per heavy atom. The molecule has 0 saturated heterocycles. The van der Waals surface area contributed by atoms with Crippen LogP contribution in [0.3, 0.4) is 0 Å². The lowest BCUT2D eigenvalue weighted by molar-refractivity contribution is -0.129. The maximum atomic E-state index is 12.0. The van der Waals surface area contributed by atoms with Crippen molar-refractivity contribution < 1.29 is 14.3 Å². The zero-order valence-electron chi connectivity index (χ0n) is 13.7. The molecule has 0 saturated carbocycles. The predicted octanol–water partition coefficient (Wildman–Crippen LogP) is 4.07. The van der Waals surface area contributed by atoms with E-state index in [9.17, 15) is 4.79 Å². The number of rotatable bonds is 5. The fraction of sp³-hybridized carbons (Fsp3) is 0.0500. The minimum Gasteiger partial charge on any atom is -0.487 e. The molecule has 0 unspecified atom stereocenters. The van der Waals surface area contributed by atoms with Crippen LogP contribution in [-0.2, 0) is 16.1 Å². The van der Waals surface area contributed by atoms with Crippen molar-refractivity contribution in [3.63, 3.8) is 0 Å². The van der Waals surface area contributed by atoms with Gasteiger partial charge in [-0.25, -0.2) is 14.8 Å². The van der Waals surface area contributed by atoms with Crippen LogP contribution >= 0.6 is 11.3 Å². The van der Waals surface area contributed by atoms with Crippen LogP contribution in [0.2, 0.25) is 0 Å². The van der Waals surface area contributed by atoms with Crippen LogP contribution in [0.5, 0.6) is 5.75 Å². The number of nitrogens with zero attached hydrogens (tertiary/aromatic N) is 2. The SMILES string of the molecule is O=C1OC(c2ccccc2)=N/C1=C\c1ccc(OCc2cscn2)cc1. The Hall–Kier alpha value is -3.25. The van der Waals surface area contributed by atoms with E-state index in [1.165, 1.54) is 11.3 Å². The van der Waals surface area contributed by atoms with Crippen molar-refractivity contribution in [2.45, 2.75) is 6.61 Å². The van der Waals surface area contributed by atoms with Crippen molar-refractivity contribution >= 4 is 29.3 Å². The molecule has 0 aliphatic carbocycles. The average Bonchev–Trinajstić information content (AvgIpc) is 3.32. The molecule has 1 aliphatic heterocycles. The van der Waals surface area contributed by atoms with Gasteiger partial charge in [-0.05, 0) is 35.9 Å². The summed E-state index contributed by atoms with van der Waals surface area (Å²) in [4.78, 5) is 20.5. The van der Waals surface area contributed by atoms with Gasteiger partial charge in [0.1, 0.15) is 12.4 Å². The standard InChI is InChI=1S/C20H14N2O3S/c23-20-18(22-19(25-20)15-4-2-1-3-5-15)10-14-6-8-17(9-7-14)24-11-16-12-26-13-21-16/h1-10,12-13H,11H2/b18-10-. The Morgan fingerprint density at radius 1 is 1.08 bits per heavy atom. The van der Waals surface area contributed by atoms with Gasteiger partial charge in [-0.2, -0.15) is 0 Å². The van der Waals surface area contributed by atoms with E-state index < -0.39 is 5.97 Å². The van der Waals surface area contributed by atoms with Crippen LogP contribution in [-0.4, -0.2) is 16.9 Å². The molecule has 128 valence electrons. The highest BCUT2D eigenvalue weighted by atomic mass is 32.1. The van der Waals surface area contributed by atoms with Crippen molar-refractivity contribution in [3.05, 3.63) is 88.0 Å². The number of hydrogen-bond acceptors (Lipinski definition) is 6. The lowest BCUT2D eigenvalue weighted by Gasteiger charge is -2.04. The van der Waals surface area contributed by atoms with E-state index in [1.807, 2.05) is 60.0 Å². The summed E-state index contributed by atoms with van der Waals surface area (Å²) < 4.78 is 10.9. The number of ether oxygens (including phenoxy) is 2. The Bertz CT molecular complexity index is 962. The second-order valence-corrected chi connectivity index (χ2v) is 6.26. The molecule has 0 bridgehead atoms. The lowest BCUT2D eigenvalue weighted by Crippen LogP contribution is -2.04. The van der Waals surface area contributed by atoms with Gasteiger partial charge in [-0.15, -0.1) is 11.3 Å². The molecular formula is C20H14N2O3S. The summed E-state index contributed by atoms with van der Waals surface area (Å²) in [5.41, 5.74) is 4.57. The second kappa shape index (κ2) is 7.33. The molecule has 2 heterocycles. The smallest absolute Gasteiger partial charge is 0.363 e. The third kappa shape index (κ3) is 3.70. The van der Waals surface area contributed by atoms with Gasteiger partial charge in [-0.1, -0.05) is 30.3 Å². The molecule has 0 atom stereocenters. The molecule has 0 fully saturated rings. The van der Waals surface area contributed by atoms with Crippen molar-refractivity contribution in [2.24, 2.45) is 4.99 Å². The van der Waals surface area contributed by atoms with E-state index in [4.69, 9.17) is 9.47 Å². The molecule has 0 N–H and O–H groups in total. The van der Waals surface area contributed by atoms with Crippen LogP contribution in [0.4, 0.5) is 0 Å². The molecule has 5 nitrogen and oxygen atoms in total. The van der Waals surface area contributed by atoms with Crippen LogP contribution in [0, 0.1) is 0 Å². The van der Waals surface area contributed by atoms with Crippen LogP contribution < -0.4 is 4.74 Å². The summed E-state index contributed by atoms with van der Waals surface area (Å²) in [6.07, 6.45) is 1.70. The number of esters is 1. The summed E-state index contributed by atoms with van der Waals surface area (Å²) in [5.74, 6) is 0.611. The molecule has 4 rings (SSSR count). The summed E-state index contributed by atoms with van der Waals surface area (Å²) in [5, 5.41) is 1.95. The van der Waals surface area contributed by atoms with Crippen LogP contribution in [0.1, 0.15) is 16.8 Å². The summed E-state index contributed by atoms with van der Waals surface area (Å²) in [7, 11) is 0. The highest BCUT2D eigenvalue weighted by molar-refractivity contribution is 7.07. The largest absolute Gasteiger partial charge is 0.487 e. The molecule has 6 heteroatoms. The fourth-order valence-corrected chi connectivity index (χ4v) is 2.94. The number of carbonyl (C=O) groups excluding carboxylic acids is 1. The van der Waals surface area contributed by atoms with Crippen molar-refractivity contribution in [1.82, 2.24) is 4.98 Å². The highest BCUT2D eigenvalue weighted by Crippen LogP contribution is 2.21. The normalized spacial score (nSPS) is 15.0. The van der Waals surface area contributed by atoms with Gasteiger partial charge < -0.3 is 9.47 Å². The fourth-order valence-electron chi connectivity index (χ4n) is 2.40. The molecule has 1 aliphatic rings. The maximum absolute atomic E-state index is 12.0. The monoisotopic (exact) mass is 362 g/mol. The quantitative estimate of drug-likeness (QED) is 0.507. The number of carbonyl (C=O) groups is 1. The summed E-state index contributed by atoms with van der Waals surface area (Å²) >= 11 is 1.54. The highest BCUT2D eigenvalue weighted by Gasteiger charge is 2.23. The van der Waals surface area contributed by atoms with Crippen molar-refractivity contribution in [2.75, 3.05) is 0 Å². The molecule has 3 aromatic rings. The molecule has 0 amide bonds. The first-order valence-electron chi connectivity index (χ1n) is 7.96. The first-order valence-corrected chi connectivity index (χ1v) is 8.90. The van der Waals surface area contributed by atoms with Gasteiger partial charge in [-0.3, -0.25) is 0 Å². The van der Waals surface area contributed by atoms with Gasteiger partial charge in [0.2, 0.25) is 5.90 Å². The van der Waals surface area contributed by atoms with Gasteiger partial charge in [0.25, 0.3) is 0 Å². The number of aliphatic imine (C=N–C) groups is 1. The molecule has 2 aromatic carbocycles. The Balaban J connectivity index is 1.47. The Kier molecular flexibility index (Phi) is 4.57. The Morgan fingerprint density at radius 2 is 1.88 bits per heavy atom. The molecule has 26 heavy (non-hydrogen) atoms. The van der Waals surface area contributed by atoms with Gasteiger partial charge in [0.05, 0.1) is 11.2 Å². The third-order valence-corrected chi connectivity index (χ3v) is 4.33. The van der Waals surface area contributed by atoms with E-state index in [2.05, 4.69) is 9.98 Å². The molecule has 0 radical (unpaired) electrons. The number of benzene rings is 2.